The Kier molecular flexibility index (Phi) is 18.5. The number of nitrogens with two attached hydrogens (primary N) is 2. The van der Waals surface area contributed by atoms with Crippen molar-refractivity contribution in [3.8, 4) is 0 Å². The number of aliphatic carboxylic acids is 1. The number of carbonyl (C=O) groups excluding carboxylic acids is 7. The van der Waals surface area contributed by atoms with Crippen molar-refractivity contribution in [2.75, 3.05) is 13.1 Å². The smallest absolute Gasteiger partial charge is 0.326 e. The van der Waals surface area contributed by atoms with E-state index < -0.39 is 95.7 Å². The Morgan fingerprint density at radius 2 is 1.27 bits per heavy atom. The van der Waals surface area contributed by atoms with Gasteiger partial charge in [0.2, 0.25) is 41.4 Å². The molecule has 2 aliphatic heterocycles. The van der Waals surface area contributed by atoms with Gasteiger partial charge in [-0.15, -0.1) is 0 Å². The number of likely N-dealkylation sites (tertiary alicyclic amines) is 2. The summed E-state index contributed by atoms with van der Waals surface area (Å²) in [5.74, 6) is -6.43. The Balaban J connectivity index is 2.25. The largest absolute Gasteiger partial charge is 0.480 e. The number of aliphatic hydroxyl groups excluding tert-OH is 1. The topological polar surface area (TPSA) is 284 Å². The van der Waals surface area contributed by atoms with Crippen LogP contribution in [-0.4, -0.2) is 129 Å². The Labute approximate surface area is 323 Å². The first kappa shape index (κ1) is 46.8. The molecule has 0 bridgehead atoms. The maximum absolute atomic E-state index is 13.8. The number of primary amides is 1. The van der Waals surface area contributed by atoms with E-state index in [2.05, 4.69) is 21.3 Å². The van der Waals surface area contributed by atoms with E-state index in [9.17, 15) is 48.6 Å². The summed E-state index contributed by atoms with van der Waals surface area (Å²) < 4.78 is 0. The van der Waals surface area contributed by atoms with Crippen LogP contribution in [0.5, 0.6) is 0 Å². The summed E-state index contributed by atoms with van der Waals surface area (Å²) in [4.78, 5) is 108. The lowest BCUT2D eigenvalue weighted by atomic mass is 9.97. The lowest BCUT2D eigenvalue weighted by molar-refractivity contribution is -0.147. The fraction of sp³-hybridized carbons (Fsp3) is 0.784. The van der Waals surface area contributed by atoms with E-state index in [1.54, 1.807) is 27.7 Å². The predicted molar refractivity (Wildman–Crippen MR) is 201 cm³/mol. The van der Waals surface area contributed by atoms with Gasteiger partial charge >= 0.3 is 5.97 Å². The predicted octanol–water partition coefficient (Wildman–Crippen LogP) is -0.896. The number of carbonyl (C=O) groups is 8. The molecule has 0 spiro atoms. The minimum absolute atomic E-state index is 0.107. The van der Waals surface area contributed by atoms with E-state index in [1.165, 1.54) is 16.7 Å². The normalized spacial score (nSPS) is 20.9. The van der Waals surface area contributed by atoms with Gasteiger partial charge in [0, 0.05) is 19.5 Å². The van der Waals surface area contributed by atoms with Crippen molar-refractivity contribution in [1.82, 2.24) is 31.1 Å². The molecule has 312 valence electrons. The van der Waals surface area contributed by atoms with Crippen molar-refractivity contribution in [3.05, 3.63) is 0 Å². The third-order valence-corrected chi connectivity index (χ3v) is 10.2. The van der Waals surface area contributed by atoms with Gasteiger partial charge in [0.15, 0.2) is 0 Å². The van der Waals surface area contributed by atoms with Crippen LogP contribution in [0.1, 0.15) is 106 Å². The summed E-state index contributed by atoms with van der Waals surface area (Å²) >= 11 is 0. The molecule has 9 atom stereocenters. The highest BCUT2D eigenvalue weighted by atomic mass is 16.4. The number of carboxylic acid groups (broad SMARTS) is 1. The van der Waals surface area contributed by atoms with Gasteiger partial charge in [-0.05, 0) is 69.6 Å². The summed E-state index contributed by atoms with van der Waals surface area (Å²) in [5, 5.41) is 30.3. The fourth-order valence-corrected chi connectivity index (χ4v) is 6.99. The maximum Gasteiger partial charge on any atom is 0.326 e. The second-order valence-electron chi connectivity index (χ2n) is 15.8. The van der Waals surface area contributed by atoms with Gasteiger partial charge in [-0.25, -0.2) is 4.79 Å². The molecule has 2 aliphatic rings. The average molecular weight is 781 g/mol. The minimum Gasteiger partial charge on any atom is -0.480 e. The van der Waals surface area contributed by atoms with Crippen LogP contribution in [-0.2, 0) is 38.4 Å². The number of nitrogens with one attached hydrogen (secondary N) is 4. The first-order valence-electron chi connectivity index (χ1n) is 19.5. The first-order valence-corrected chi connectivity index (χ1v) is 19.5. The highest BCUT2D eigenvalue weighted by molar-refractivity contribution is 5.97. The number of rotatable bonds is 21. The highest BCUT2D eigenvalue weighted by Gasteiger charge is 2.44. The van der Waals surface area contributed by atoms with Crippen LogP contribution in [0.2, 0.25) is 0 Å². The van der Waals surface area contributed by atoms with Gasteiger partial charge in [-0.1, -0.05) is 48.0 Å². The summed E-state index contributed by atoms with van der Waals surface area (Å²) in [7, 11) is 0. The van der Waals surface area contributed by atoms with Crippen LogP contribution in [0.25, 0.3) is 0 Å². The highest BCUT2D eigenvalue weighted by Crippen LogP contribution is 2.26. The van der Waals surface area contributed by atoms with Gasteiger partial charge in [0.25, 0.3) is 0 Å². The van der Waals surface area contributed by atoms with Crippen molar-refractivity contribution < 1.29 is 48.6 Å². The molecule has 0 aromatic carbocycles. The van der Waals surface area contributed by atoms with E-state index in [4.69, 9.17) is 11.5 Å². The number of amides is 7. The van der Waals surface area contributed by atoms with Crippen molar-refractivity contribution in [3.63, 3.8) is 0 Å². The maximum atomic E-state index is 13.8. The zero-order chi connectivity index (χ0) is 41.7. The molecule has 55 heavy (non-hydrogen) atoms. The summed E-state index contributed by atoms with van der Waals surface area (Å²) in [6.45, 7) is 12.8. The Morgan fingerprint density at radius 3 is 1.80 bits per heavy atom. The molecule has 18 nitrogen and oxygen atoms in total. The molecule has 0 saturated carbocycles. The molecular weight excluding hydrogens is 716 g/mol. The molecule has 18 heteroatoms. The second kappa shape index (κ2) is 21.7. The molecule has 0 radical (unpaired) electrons. The van der Waals surface area contributed by atoms with E-state index >= 15 is 0 Å². The van der Waals surface area contributed by atoms with Crippen LogP contribution in [0.4, 0.5) is 0 Å². The average Bonchev–Trinajstić information content (AvgIpc) is 3.80. The Morgan fingerprint density at radius 1 is 0.727 bits per heavy atom. The number of carboxylic acids is 1. The summed E-state index contributed by atoms with van der Waals surface area (Å²) in [6.07, 6.45) is 0.683. The molecule has 0 aliphatic carbocycles. The van der Waals surface area contributed by atoms with Crippen LogP contribution in [0.3, 0.4) is 0 Å². The molecule has 2 rings (SSSR count). The molecular formula is C37H64N8O10. The number of nitrogens with zero attached hydrogens (tertiary/aromatic N) is 2. The van der Waals surface area contributed by atoms with E-state index in [0.717, 1.165) is 0 Å². The fourth-order valence-electron chi connectivity index (χ4n) is 6.99. The standard InChI is InChI=1S/C37H64N8O10/c1-8-21(6)29(37(54)55)42-32(49)25(18-20(4)5)41-34(51)30(22(7)46)43-31(48)24(13-14-28(39)47)40-33(50)26-11-9-15-44(26)36(53)27-12-10-16-45(27)35(52)23(38)17-19(2)3/h19-27,29-30,46H,8-18,38H2,1-7H3,(H2,39,47)(H,40,50)(H,41,51)(H,42,49)(H,43,48)(H,54,55)/t21-,22+,23-,24-,25-,26-,27-,29-,30-/m0/s1. The molecule has 0 unspecified atom stereocenters. The number of hydrogen-bond acceptors (Lipinski definition) is 10. The zero-order valence-corrected chi connectivity index (χ0v) is 33.3. The van der Waals surface area contributed by atoms with Crippen molar-refractivity contribution in [2.24, 2.45) is 29.2 Å². The molecule has 2 heterocycles. The molecule has 0 aromatic rings. The molecule has 2 fully saturated rings. The quantitative estimate of drug-likeness (QED) is 0.0707. The third kappa shape index (κ3) is 13.7. The van der Waals surface area contributed by atoms with Crippen molar-refractivity contribution >= 4 is 47.3 Å². The molecule has 10 N–H and O–H groups in total. The monoisotopic (exact) mass is 780 g/mol. The number of aliphatic hydroxyl groups is 1. The van der Waals surface area contributed by atoms with Gasteiger partial charge in [-0.3, -0.25) is 33.6 Å². The first-order chi connectivity index (χ1) is 25.7. The third-order valence-electron chi connectivity index (χ3n) is 10.2. The Hall–Kier alpha value is -4.32. The van der Waals surface area contributed by atoms with Gasteiger partial charge in [0.1, 0.15) is 36.3 Å². The van der Waals surface area contributed by atoms with Gasteiger partial charge in [-0.2, -0.15) is 0 Å². The van der Waals surface area contributed by atoms with E-state index in [-0.39, 0.29) is 50.0 Å². The molecule has 7 amide bonds. The number of hydrogen-bond donors (Lipinski definition) is 8. The van der Waals surface area contributed by atoms with Crippen LogP contribution >= 0.6 is 0 Å². The molecule has 2 saturated heterocycles. The van der Waals surface area contributed by atoms with Gasteiger partial charge < -0.3 is 52.7 Å². The van der Waals surface area contributed by atoms with Crippen molar-refractivity contribution in [1.29, 1.82) is 0 Å². The summed E-state index contributed by atoms with van der Waals surface area (Å²) in [5.41, 5.74) is 11.5. The van der Waals surface area contributed by atoms with Crippen LogP contribution in [0, 0.1) is 17.8 Å². The lowest BCUT2D eigenvalue weighted by Gasteiger charge is -2.33. The zero-order valence-electron chi connectivity index (χ0n) is 33.3. The Bertz CT molecular complexity index is 1390. The van der Waals surface area contributed by atoms with Crippen LogP contribution < -0.4 is 32.7 Å². The molecule has 0 aromatic heterocycles. The van der Waals surface area contributed by atoms with E-state index in [1.807, 2.05) is 13.8 Å². The summed E-state index contributed by atoms with van der Waals surface area (Å²) in [6, 6.07) is -8.04. The minimum atomic E-state index is -1.63. The second-order valence-corrected chi connectivity index (χ2v) is 15.8. The SMILES string of the molecule is CC[C@H](C)[C@H](NC(=O)[C@H](CC(C)C)NC(=O)[C@@H](NC(=O)[C@H](CCC(N)=O)NC(=O)[C@@H]1CCCN1C(=O)[C@@H]1CCCN1C(=O)[C@@H](N)CC(C)C)[C@@H](C)O)C(=O)O. The van der Waals surface area contributed by atoms with Gasteiger partial charge in [0.05, 0.1) is 12.1 Å². The lowest BCUT2D eigenvalue weighted by Crippen LogP contribution is -2.61. The van der Waals surface area contributed by atoms with Crippen LogP contribution in [0.15, 0.2) is 0 Å². The van der Waals surface area contributed by atoms with E-state index in [0.29, 0.717) is 38.6 Å². The van der Waals surface area contributed by atoms with Crippen molar-refractivity contribution in [2.45, 2.75) is 155 Å².